The summed E-state index contributed by atoms with van der Waals surface area (Å²) < 4.78 is 44.9. The number of aromatic nitrogens is 2. The van der Waals surface area contributed by atoms with Crippen LogP contribution in [0.5, 0.6) is 11.5 Å². The zero-order chi connectivity index (χ0) is 25.9. The van der Waals surface area contributed by atoms with Crippen molar-refractivity contribution in [3.05, 3.63) is 60.0 Å². The van der Waals surface area contributed by atoms with E-state index in [1.54, 1.807) is 12.1 Å². The molecule has 1 N–H and O–H groups in total. The van der Waals surface area contributed by atoms with Crippen molar-refractivity contribution < 1.29 is 27.1 Å². The molecule has 0 spiro atoms. The summed E-state index contributed by atoms with van der Waals surface area (Å²) in [6, 6.07) is 12.9. The van der Waals surface area contributed by atoms with Crippen molar-refractivity contribution in [2.45, 2.75) is 38.7 Å². The SMILES string of the molecule is CC(C)CN(CC(C)C)S(=O)(=O)c1ccc(C(=O)Nc2nnc(C3COc4ccccc4O3)o2)cc1. The Bertz CT molecular complexity index is 1290. The lowest BCUT2D eigenvalue weighted by Gasteiger charge is -2.25. The zero-order valence-corrected chi connectivity index (χ0v) is 21.5. The van der Waals surface area contributed by atoms with Crippen LogP contribution in [-0.2, 0) is 10.0 Å². The van der Waals surface area contributed by atoms with Crippen LogP contribution in [0.15, 0.2) is 57.8 Å². The molecule has 1 aliphatic rings. The number of ether oxygens (including phenoxy) is 2. The van der Waals surface area contributed by atoms with Crippen LogP contribution in [0.2, 0.25) is 0 Å². The molecule has 3 aromatic rings. The van der Waals surface area contributed by atoms with Crippen molar-refractivity contribution >= 4 is 21.9 Å². The normalized spacial score (nSPS) is 15.5. The Morgan fingerprint density at radius 3 is 2.28 bits per heavy atom. The molecule has 1 unspecified atom stereocenters. The molecule has 0 aliphatic carbocycles. The third kappa shape index (κ3) is 5.85. The molecule has 0 bridgehead atoms. The van der Waals surface area contributed by atoms with Crippen LogP contribution >= 0.6 is 0 Å². The van der Waals surface area contributed by atoms with E-state index in [0.29, 0.717) is 24.6 Å². The lowest BCUT2D eigenvalue weighted by atomic mass is 10.2. The van der Waals surface area contributed by atoms with Crippen molar-refractivity contribution in [3.63, 3.8) is 0 Å². The van der Waals surface area contributed by atoms with Crippen molar-refractivity contribution in [2.24, 2.45) is 11.8 Å². The van der Waals surface area contributed by atoms with Gasteiger partial charge in [-0.15, -0.1) is 5.10 Å². The van der Waals surface area contributed by atoms with E-state index >= 15 is 0 Å². The maximum absolute atomic E-state index is 13.2. The molecule has 0 radical (unpaired) electrons. The van der Waals surface area contributed by atoms with Crippen molar-refractivity contribution in [1.82, 2.24) is 14.5 Å². The number of nitrogens with one attached hydrogen (secondary N) is 1. The number of fused-ring (bicyclic) bond motifs is 1. The van der Waals surface area contributed by atoms with Gasteiger partial charge < -0.3 is 13.9 Å². The third-order valence-electron chi connectivity index (χ3n) is 5.34. The lowest BCUT2D eigenvalue weighted by molar-refractivity contribution is 0.0716. The summed E-state index contributed by atoms with van der Waals surface area (Å²) in [6.45, 7) is 8.94. The second kappa shape index (κ2) is 10.7. The highest BCUT2D eigenvalue weighted by Gasteiger charge is 2.28. The highest BCUT2D eigenvalue weighted by atomic mass is 32.2. The van der Waals surface area contributed by atoms with E-state index in [9.17, 15) is 13.2 Å². The van der Waals surface area contributed by atoms with Crippen LogP contribution in [0.1, 0.15) is 50.0 Å². The highest BCUT2D eigenvalue weighted by molar-refractivity contribution is 7.89. The van der Waals surface area contributed by atoms with Gasteiger partial charge in [-0.3, -0.25) is 10.1 Å². The van der Waals surface area contributed by atoms with Gasteiger partial charge >= 0.3 is 6.01 Å². The number of hydrogen-bond acceptors (Lipinski definition) is 8. The molecule has 4 rings (SSSR count). The molecule has 1 atom stereocenters. The average Bonchev–Trinajstić information content (AvgIpc) is 3.31. The van der Waals surface area contributed by atoms with Gasteiger partial charge in [-0.25, -0.2) is 8.42 Å². The van der Waals surface area contributed by atoms with Gasteiger partial charge in [0.1, 0.15) is 6.61 Å². The van der Waals surface area contributed by atoms with E-state index in [-0.39, 0.29) is 40.8 Å². The molecule has 2 heterocycles. The maximum Gasteiger partial charge on any atom is 0.322 e. The molecule has 1 aliphatic heterocycles. The van der Waals surface area contributed by atoms with E-state index in [4.69, 9.17) is 13.9 Å². The summed E-state index contributed by atoms with van der Waals surface area (Å²) in [5.74, 6) is 1.21. The topological polar surface area (TPSA) is 124 Å². The first-order valence-electron chi connectivity index (χ1n) is 11.8. The summed E-state index contributed by atoms with van der Waals surface area (Å²) in [6.07, 6.45) is -0.609. The van der Waals surface area contributed by atoms with Crippen molar-refractivity contribution in [1.29, 1.82) is 0 Å². The number of rotatable bonds is 9. The van der Waals surface area contributed by atoms with Crippen LogP contribution in [0.3, 0.4) is 0 Å². The summed E-state index contributed by atoms with van der Waals surface area (Å²) in [5, 5.41) is 10.3. The summed E-state index contributed by atoms with van der Waals surface area (Å²) in [7, 11) is -3.69. The molecular formula is C25H30N4O6S. The molecule has 36 heavy (non-hydrogen) atoms. The molecule has 2 aromatic carbocycles. The molecule has 1 aromatic heterocycles. The van der Waals surface area contributed by atoms with Gasteiger partial charge in [0.05, 0.1) is 4.90 Å². The minimum absolute atomic E-state index is 0.103. The van der Waals surface area contributed by atoms with Gasteiger partial charge in [0.2, 0.25) is 16.1 Å². The first-order chi connectivity index (χ1) is 17.1. The number of amides is 1. The third-order valence-corrected chi connectivity index (χ3v) is 7.18. The standard InChI is InChI=1S/C25H30N4O6S/c1-16(2)13-29(14-17(3)4)36(31,32)19-11-9-18(10-12-19)23(30)26-25-28-27-24(35-25)22-15-33-20-7-5-6-8-21(20)34-22/h5-12,16-17,22H,13-15H2,1-4H3,(H,26,28,30). The highest BCUT2D eigenvalue weighted by Crippen LogP contribution is 2.35. The van der Waals surface area contributed by atoms with Gasteiger partial charge in [0.25, 0.3) is 11.8 Å². The molecule has 1 amide bonds. The quantitative estimate of drug-likeness (QED) is 0.452. The van der Waals surface area contributed by atoms with Crippen LogP contribution < -0.4 is 14.8 Å². The predicted molar refractivity (Wildman–Crippen MR) is 132 cm³/mol. The van der Waals surface area contributed by atoms with Gasteiger partial charge in [0, 0.05) is 18.7 Å². The monoisotopic (exact) mass is 514 g/mol. The first-order valence-corrected chi connectivity index (χ1v) is 13.2. The molecule has 0 saturated heterocycles. The Kier molecular flexibility index (Phi) is 7.60. The van der Waals surface area contributed by atoms with E-state index < -0.39 is 22.0 Å². The molecule has 11 heteroatoms. The van der Waals surface area contributed by atoms with Crippen LogP contribution in [-0.4, -0.2) is 48.5 Å². The van der Waals surface area contributed by atoms with Crippen LogP contribution in [0.4, 0.5) is 6.01 Å². The summed E-state index contributed by atoms with van der Waals surface area (Å²) >= 11 is 0. The molecular weight excluding hydrogens is 484 g/mol. The van der Waals surface area contributed by atoms with Crippen LogP contribution in [0, 0.1) is 11.8 Å². The fraction of sp³-hybridized carbons (Fsp3) is 0.400. The van der Waals surface area contributed by atoms with E-state index in [1.165, 1.54) is 28.6 Å². The number of anilines is 1. The Morgan fingerprint density at radius 2 is 1.64 bits per heavy atom. The average molecular weight is 515 g/mol. The fourth-order valence-electron chi connectivity index (χ4n) is 3.74. The first kappa shape index (κ1) is 25.6. The van der Waals surface area contributed by atoms with Gasteiger partial charge in [-0.1, -0.05) is 44.9 Å². The lowest BCUT2D eigenvalue weighted by Crippen LogP contribution is -2.37. The largest absolute Gasteiger partial charge is 0.485 e. The minimum Gasteiger partial charge on any atom is -0.485 e. The van der Waals surface area contributed by atoms with Gasteiger partial charge in [-0.2, -0.15) is 4.31 Å². The number of hydrogen-bond donors (Lipinski definition) is 1. The van der Waals surface area contributed by atoms with E-state index in [1.807, 2.05) is 39.8 Å². The van der Waals surface area contributed by atoms with Crippen molar-refractivity contribution in [2.75, 3.05) is 25.0 Å². The Balaban J connectivity index is 1.42. The smallest absolute Gasteiger partial charge is 0.322 e. The number of para-hydroxylation sites is 2. The fourth-order valence-corrected chi connectivity index (χ4v) is 5.51. The van der Waals surface area contributed by atoms with Crippen molar-refractivity contribution in [3.8, 4) is 11.5 Å². The summed E-state index contributed by atoms with van der Waals surface area (Å²) in [5.41, 5.74) is 0.249. The molecule has 0 saturated carbocycles. The maximum atomic E-state index is 13.2. The molecule has 10 nitrogen and oxygen atoms in total. The number of carbonyl (C=O) groups excluding carboxylic acids is 1. The molecule has 192 valence electrons. The van der Waals surface area contributed by atoms with E-state index in [0.717, 1.165) is 0 Å². The predicted octanol–water partition coefficient (Wildman–Crippen LogP) is 4.14. The second-order valence-electron chi connectivity index (χ2n) is 9.40. The Morgan fingerprint density at radius 1 is 1.00 bits per heavy atom. The zero-order valence-electron chi connectivity index (χ0n) is 20.7. The number of sulfonamides is 1. The second-order valence-corrected chi connectivity index (χ2v) is 11.3. The number of benzene rings is 2. The summed E-state index contributed by atoms with van der Waals surface area (Å²) in [4.78, 5) is 12.8. The molecule has 0 fully saturated rings. The Labute approximate surface area is 210 Å². The minimum atomic E-state index is -3.69. The van der Waals surface area contributed by atoms with Gasteiger partial charge in [0.15, 0.2) is 11.5 Å². The van der Waals surface area contributed by atoms with E-state index in [2.05, 4.69) is 15.5 Å². The number of carbonyl (C=O) groups is 1. The Hall–Kier alpha value is -3.44. The van der Waals surface area contributed by atoms with Crippen LogP contribution in [0.25, 0.3) is 0 Å². The number of nitrogens with zero attached hydrogens (tertiary/aromatic N) is 3. The van der Waals surface area contributed by atoms with Gasteiger partial charge in [-0.05, 0) is 48.2 Å².